The van der Waals surface area contributed by atoms with Crippen molar-refractivity contribution in [3.63, 3.8) is 0 Å². The minimum absolute atomic E-state index is 0.00888. The molecule has 6 nitrogen and oxygen atoms in total. The number of carbonyl (C=O) groups is 2. The molecule has 1 aromatic carbocycles. The van der Waals surface area contributed by atoms with Crippen LogP contribution in [0.25, 0.3) is 0 Å². The zero-order valence-corrected chi connectivity index (χ0v) is 19.1. The molecule has 1 aromatic heterocycles. The first-order valence-electron chi connectivity index (χ1n) is 11.3. The van der Waals surface area contributed by atoms with Crippen molar-refractivity contribution in [2.45, 2.75) is 71.8 Å². The molecule has 2 aromatic rings. The minimum Gasteiger partial charge on any atom is -0.354 e. The number of likely N-dealkylation sites (tertiary alicyclic amines) is 1. The van der Waals surface area contributed by atoms with E-state index in [9.17, 15) is 9.59 Å². The summed E-state index contributed by atoms with van der Waals surface area (Å²) in [6, 6.07) is 10.3. The zero-order chi connectivity index (χ0) is 22.4. The van der Waals surface area contributed by atoms with Gasteiger partial charge in [0.2, 0.25) is 11.8 Å². The Kier molecular flexibility index (Phi) is 7.77. The average Bonchev–Trinajstić information content (AvgIpc) is 2.74. The van der Waals surface area contributed by atoms with Gasteiger partial charge in [-0.1, -0.05) is 30.3 Å². The number of hydrogen-bond acceptors (Lipinski definition) is 4. The Morgan fingerprint density at radius 1 is 1.13 bits per heavy atom. The number of hydrogen-bond donors (Lipinski definition) is 1. The molecule has 1 N–H and O–H groups in total. The molecule has 166 valence electrons. The molecule has 0 spiro atoms. The van der Waals surface area contributed by atoms with Crippen molar-refractivity contribution in [3.8, 4) is 0 Å². The maximum atomic E-state index is 12.8. The molecule has 1 fully saturated rings. The first-order valence-corrected chi connectivity index (χ1v) is 11.3. The third-order valence-corrected chi connectivity index (χ3v) is 5.83. The minimum atomic E-state index is -0.00888. The number of amides is 2. The fourth-order valence-electron chi connectivity index (χ4n) is 4.21. The largest absolute Gasteiger partial charge is 0.354 e. The second-order valence-corrected chi connectivity index (χ2v) is 8.79. The van der Waals surface area contributed by atoms with Crippen molar-refractivity contribution in [1.82, 2.24) is 20.2 Å². The normalized spacial score (nSPS) is 16.4. The third kappa shape index (κ3) is 6.36. The van der Waals surface area contributed by atoms with Crippen LogP contribution in [0.15, 0.2) is 30.3 Å². The molecule has 2 amide bonds. The molecule has 1 aliphatic heterocycles. The highest BCUT2D eigenvalue weighted by Crippen LogP contribution is 2.26. The van der Waals surface area contributed by atoms with Gasteiger partial charge in [0.1, 0.15) is 5.82 Å². The van der Waals surface area contributed by atoms with E-state index in [1.54, 1.807) is 0 Å². The number of nitrogens with one attached hydrogen (secondary N) is 1. The fourth-order valence-corrected chi connectivity index (χ4v) is 4.21. The summed E-state index contributed by atoms with van der Waals surface area (Å²) < 4.78 is 0. The van der Waals surface area contributed by atoms with Crippen molar-refractivity contribution >= 4 is 11.8 Å². The van der Waals surface area contributed by atoms with Gasteiger partial charge in [0.05, 0.1) is 6.42 Å². The van der Waals surface area contributed by atoms with E-state index in [1.165, 1.54) is 5.56 Å². The molecule has 1 aliphatic rings. The lowest BCUT2D eigenvalue weighted by molar-refractivity contribution is -0.132. The first kappa shape index (κ1) is 22.9. The number of aryl methyl sites for hydroxylation is 3. The molecule has 1 atom stereocenters. The number of rotatable bonds is 7. The second kappa shape index (κ2) is 10.5. The molecule has 6 heteroatoms. The van der Waals surface area contributed by atoms with Crippen LogP contribution in [0, 0.1) is 13.8 Å². The summed E-state index contributed by atoms with van der Waals surface area (Å²) in [5, 5.41) is 2.93. The highest BCUT2D eigenvalue weighted by molar-refractivity contribution is 5.79. The van der Waals surface area contributed by atoms with E-state index < -0.39 is 0 Å². The highest BCUT2D eigenvalue weighted by Gasteiger charge is 2.27. The molecule has 0 aliphatic carbocycles. The highest BCUT2D eigenvalue weighted by atomic mass is 16.2. The van der Waals surface area contributed by atoms with Gasteiger partial charge in [-0.2, -0.15) is 0 Å². The van der Waals surface area contributed by atoms with Gasteiger partial charge >= 0.3 is 0 Å². The van der Waals surface area contributed by atoms with Crippen LogP contribution in [0.5, 0.6) is 0 Å². The molecule has 3 rings (SSSR count). The van der Waals surface area contributed by atoms with Crippen LogP contribution < -0.4 is 5.32 Å². The molecule has 1 saturated heterocycles. The van der Waals surface area contributed by atoms with Gasteiger partial charge in [-0.3, -0.25) is 9.59 Å². The van der Waals surface area contributed by atoms with E-state index in [-0.39, 0.29) is 23.8 Å². The molecule has 0 saturated carbocycles. The summed E-state index contributed by atoms with van der Waals surface area (Å²) in [7, 11) is 0. The first-order chi connectivity index (χ1) is 14.8. The van der Waals surface area contributed by atoms with Crippen LogP contribution in [0.3, 0.4) is 0 Å². The second-order valence-electron chi connectivity index (χ2n) is 8.79. The lowest BCUT2D eigenvalue weighted by Gasteiger charge is -2.32. The summed E-state index contributed by atoms with van der Waals surface area (Å²) in [6.07, 6.45) is 3.53. The van der Waals surface area contributed by atoms with Crippen LogP contribution in [0.1, 0.15) is 67.4 Å². The smallest absolute Gasteiger partial charge is 0.224 e. The van der Waals surface area contributed by atoms with E-state index >= 15 is 0 Å². The quantitative estimate of drug-likeness (QED) is 0.741. The summed E-state index contributed by atoms with van der Waals surface area (Å²) in [5.74, 6) is 1.13. The van der Waals surface area contributed by atoms with Crippen LogP contribution in [0.2, 0.25) is 0 Å². The number of nitrogens with zero attached hydrogens (tertiary/aromatic N) is 3. The van der Waals surface area contributed by atoms with Gasteiger partial charge in [0.25, 0.3) is 0 Å². The van der Waals surface area contributed by atoms with Gasteiger partial charge in [-0.25, -0.2) is 9.97 Å². The van der Waals surface area contributed by atoms with E-state index in [1.807, 2.05) is 50.8 Å². The summed E-state index contributed by atoms with van der Waals surface area (Å²) in [5.41, 5.74) is 3.80. The van der Waals surface area contributed by atoms with Crippen molar-refractivity contribution in [2.75, 3.05) is 13.1 Å². The van der Waals surface area contributed by atoms with Crippen molar-refractivity contribution < 1.29 is 9.59 Å². The lowest BCUT2D eigenvalue weighted by Crippen LogP contribution is -2.39. The Morgan fingerprint density at radius 3 is 2.45 bits per heavy atom. The molecule has 2 heterocycles. The SMILES string of the molecule is Cc1nc([C@@H]2CCCN(C(=O)CCc3ccccc3)C2)nc(C)c1CC(=O)NC(C)C. The Bertz CT molecular complexity index is 888. The zero-order valence-electron chi connectivity index (χ0n) is 19.1. The van der Waals surface area contributed by atoms with Crippen LogP contribution in [-0.2, 0) is 22.4 Å². The fraction of sp³-hybridized carbons (Fsp3) is 0.520. The molecular weight excluding hydrogens is 388 g/mol. The van der Waals surface area contributed by atoms with Gasteiger partial charge in [-0.15, -0.1) is 0 Å². The predicted octanol–water partition coefficient (Wildman–Crippen LogP) is 3.50. The summed E-state index contributed by atoms with van der Waals surface area (Å²) in [4.78, 5) is 36.4. The van der Waals surface area contributed by atoms with E-state index in [4.69, 9.17) is 9.97 Å². The van der Waals surface area contributed by atoms with Crippen molar-refractivity contribution in [2.24, 2.45) is 0 Å². The maximum Gasteiger partial charge on any atom is 0.224 e. The molecule has 31 heavy (non-hydrogen) atoms. The predicted molar refractivity (Wildman–Crippen MR) is 122 cm³/mol. The Hall–Kier alpha value is -2.76. The Balaban J connectivity index is 1.64. The maximum absolute atomic E-state index is 12.8. The van der Waals surface area contributed by atoms with E-state index in [0.717, 1.165) is 48.6 Å². The summed E-state index contributed by atoms with van der Waals surface area (Å²) >= 11 is 0. The molecular formula is C25H34N4O2. The molecule has 0 radical (unpaired) electrons. The lowest BCUT2D eigenvalue weighted by atomic mass is 9.95. The average molecular weight is 423 g/mol. The number of carbonyl (C=O) groups excluding carboxylic acids is 2. The van der Waals surface area contributed by atoms with Gasteiger partial charge in [0.15, 0.2) is 0 Å². The standard InChI is InChI=1S/C25H34N4O2/c1-17(2)26-23(30)15-22-18(3)27-25(28-19(22)4)21-11-8-14-29(16-21)24(31)13-12-20-9-6-5-7-10-20/h5-7,9-10,17,21H,8,11-16H2,1-4H3,(H,26,30)/t21-/m1/s1. The van der Waals surface area contributed by atoms with Gasteiger partial charge < -0.3 is 10.2 Å². The Morgan fingerprint density at radius 2 is 1.81 bits per heavy atom. The molecule has 0 unspecified atom stereocenters. The van der Waals surface area contributed by atoms with Crippen molar-refractivity contribution in [3.05, 3.63) is 58.7 Å². The van der Waals surface area contributed by atoms with Crippen molar-refractivity contribution in [1.29, 1.82) is 0 Å². The van der Waals surface area contributed by atoms with Crippen LogP contribution in [0.4, 0.5) is 0 Å². The van der Waals surface area contributed by atoms with Crippen LogP contribution in [-0.4, -0.2) is 45.8 Å². The van der Waals surface area contributed by atoms with E-state index in [2.05, 4.69) is 17.4 Å². The topological polar surface area (TPSA) is 75.2 Å². The van der Waals surface area contributed by atoms with Gasteiger partial charge in [-0.05, 0) is 52.5 Å². The van der Waals surface area contributed by atoms with E-state index in [0.29, 0.717) is 19.4 Å². The number of piperidine rings is 1. The monoisotopic (exact) mass is 422 g/mol. The molecule has 0 bridgehead atoms. The van der Waals surface area contributed by atoms with Crippen LogP contribution >= 0.6 is 0 Å². The van der Waals surface area contributed by atoms with Gasteiger partial charge in [0, 0.05) is 48.4 Å². The number of benzene rings is 1. The summed E-state index contributed by atoms with van der Waals surface area (Å²) in [6.45, 7) is 9.26. The third-order valence-electron chi connectivity index (χ3n) is 5.83. The Labute approximate surface area is 185 Å². The number of aromatic nitrogens is 2.